The molecule has 0 aromatic carbocycles. The highest BCUT2D eigenvalue weighted by Crippen LogP contribution is 2.45. The maximum atomic E-state index is 13.1. The standard InChI is InChI=1S/C76H148O17P2/c1-9-68(7)54-46-38-30-26-27-33-43-51-59-76(81)93-72(63-87-74(79)57-49-41-35-34-39-47-55-69(8)10-2)65-91-95(84,85)89-61-70(77)60-88-94(82,83)90-64-71(92-75(80)58-50-42-32-25-21-23-29-37-45-53-67(5)6)62-86-73(78)56-48-40-31-24-20-18-16-14-12-11-13-15-17-19-22-28-36-44-52-66(3)4/h66-72,77H,9-65H2,1-8H3,(H,82,83)(H,84,85)/t68?,69?,70-,71-,72-/m1/s1. The molecular weight excluding hydrogens is 1250 g/mol. The summed E-state index contributed by atoms with van der Waals surface area (Å²) in [4.78, 5) is 72.7. The van der Waals surface area contributed by atoms with Crippen LogP contribution in [-0.4, -0.2) is 96.7 Å². The van der Waals surface area contributed by atoms with Gasteiger partial charge in [-0.15, -0.1) is 0 Å². The second-order valence-corrected chi connectivity index (χ2v) is 31.7. The number of aliphatic hydroxyl groups is 1. The molecule has 0 bridgehead atoms. The molecule has 0 heterocycles. The van der Waals surface area contributed by atoms with Gasteiger partial charge in [0.2, 0.25) is 0 Å². The van der Waals surface area contributed by atoms with Crippen molar-refractivity contribution in [3.05, 3.63) is 0 Å². The van der Waals surface area contributed by atoms with Gasteiger partial charge in [-0.05, 0) is 49.4 Å². The van der Waals surface area contributed by atoms with Crippen LogP contribution in [0.4, 0.5) is 0 Å². The molecular formula is C76H148O17P2. The number of hydrogen-bond donors (Lipinski definition) is 3. The van der Waals surface area contributed by atoms with Crippen LogP contribution in [0.5, 0.6) is 0 Å². The molecule has 0 saturated heterocycles. The number of ether oxygens (including phenoxy) is 4. The predicted molar refractivity (Wildman–Crippen MR) is 386 cm³/mol. The largest absolute Gasteiger partial charge is 0.472 e. The Hall–Kier alpha value is -1.94. The Morgan fingerprint density at radius 1 is 0.295 bits per heavy atom. The van der Waals surface area contributed by atoms with Crippen LogP contribution in [0.3, 0.4) is 0 Å². The second-order valence-electron chi connectivity index (χ2n) is 28.8. The normalized spacial score (nSPS) is 14.7. The molecule has 0 aromatic rings. The van der Waals surface area contributed by atoms with E-state index in [4.69, 9.17) is 37.0 Å². The maximum Gasteiger partial charge on any atom is 0.472 e. The molecule has 95 heavy (non-hydrogen) atoms. The van der Waals surface area contributed by atoms with Crippen LogP contribution in [0.1, 0.15) is 383 Å². The summed E-state index contributed by atoms with van der Waals surface area (Å²) in [5.41, 5.74) is 0. The SMILES string of the molecule is CCC(C)CCCCCCCCCCC(=O)O[C@H](COC(=O)CCCCCCCCC(C)CC)COP(=O)(O)OC[C@H](O)COP(=O)(O)OC[C@@H](COC(=O)CCCCCCCCCCCCCCCCCCCCC(C)C)OC(=O)CCCCCCCCCCCC(C)C. The predicted octanol–water partition coefficient (Wildman–Crippen LogP) is 22.0. The summed E-state index contributed by atoms with van der Waals surface area (Å²) in [6.07, 6.45) is 50.1. The van der Waals surface area contributed by atoms with Gasteiger partial charge in [0, 0.05) is 25.7 Å². The van der Waals surface area contributed by atoms with E-state index in [1.807, 2.05) is 0 Å². The van der Waals surface area contributed by atoms with Gasteiger partial charge in [-0.1, -0.05) is 331 Å². The minimum Gasteiger partial charge on any atom is -0.462 e. The van der Waals surface area contributed by atoms with Gasteiger partial charge in [0.1, 0.15) is 19.3 Å². The average molecular weight is 1400 g/mol. The average Bonchev–Trinajstić information content (AvgIpc) is 1.80. The van der Waals surface area contributed by atoms with Gasteiger partial charge in [-0.2, -0.15) is 0 Å². The molecule has 0 saturated carbocycles. The number of carbonyl (C=O) groups excluding carboxylic acids is 4. The van der Waals surface area contributed by atoms with Gasteiger partial charge in [0.05, 0.1) is 26.4 Å². The zero-order valence-electron chi connectivity index (χ0n) is 62.3. The van der Waals surface area contributed by atoms with E-state index in [0.717, 1.165) is 120 Å². The van der Waals surface area contributed by atoms with E-state index >= 15 is 0 Å². The van der Waals surface area contributed by atoms with Crippen LogP contribution in [0.25, 0.3) is 0 Å². The molecule has 0 radical (unpaired) electrons. The van der Waals surface area contributed by atoms with Gasteiger partial charge in [0.25, 0.3) is 0 Å². The molecule has 0 aliphatic rings. The lowest BCUT2D eigenvalue weighted by Crippen LogP contribution is -2.30. The first kappa shape index (κ1) is 93.1. The lowest BCUT2D eigenvalue weighted by atomic mass is 9.99. The van der Waals surface area contributed by atoms with Crippen molar-refractivity contribution in [2.24, 2.45) is 23.7 Å². The van der Waals surface area contributed by atoms with Crippen molar-refractivity contribution >= 4 is 39.5 Å². The van der Waals surface area contributed by atoms with Gasteiger partial charge in [-0.25, -0.2) is 9.13 Å². The van der Waals surface area contributed by atoms with Gasteiger partial charge in [0.15, 0.2) is 12.2 Å². The Bertz CT molecular complexity index is 1870. The summed E-state index contributed by atoms with van der Waals surface area (Å²) in [7, 11) is -9.91. The fourth-order valence-corrected chi connectivity index (χ4v) is 13.1. The fraction of sp³-hybridized carbons (Fsp3) is 0.947. The topological polar surface area (TPSA) is 237 Å². The highest BCUT2D eigenvalue weighted by molar-refractivity contribution is 7.47. The van der Waals surface area contributed by atoms with Crippen LogP contribution < -0.4 is 0 Å². The fourth-order valence-electron chi connectivity index (χ4n) is 11.5. The maximum absolute atomic E-state index is 13.1. The summed E-state index contributed by atoms with van der Waals surface area (Å²) in [5, 5.41) is 10.6. The Morgan fingerprint density at radius 2 is 0.505 bits per heavy atom. The van der Waals surface area contributed by atoms with Gasteiger partial charge < -0.3 is 33.8 Å². The Balaban J connectivity index is 5.18. The third kappa shape index (κ3) is 67.6. The summed E-state index contributed by atoms with van der Waals surface area (Å²) < 4.78 is 68.5. The molecule has 3 N–H and O–H groups in total. The number of unbranched alkanes of at least 4 members (excludes halogenated alkanes) is 37. The molecule has 0 aromatic heterocycles. The van der Waals surface area contributed by atoms with E-state index in [9.17, 15) is 43.2 Å². The van der Waals surface area contributed by atoms with E-state index in [0.29, 0.717) is 25.7 Å². The number of carbonyl (C=O) groups is 4. The van der Waals surface area contributed by atoms with Gasteiger partial charge in [-0.3, -0.25) is 37.3 Å². The quantitative estimate of drug-likeness (QED) is 0.0222. The number of phosphoric ester groups is 2. The molecule has 0 fully saturated rings. The molecule has 564 valence electrons. The number of phosphoric acid groups is 2. The number of esters is 4. The molecule has 0 amide bonds. The van der Waals surface area contributed by atoms with Crippen molar-refractivity contribution in [3.8, 4) is 0 Å². The Labute approximate surface area is 581 Å². The third-order valence-corrected chi connectivity index (χ3v) is 20.2. The number of hydrogen-bond acceptors (Lipinski definition) is 15. The lowest BCUT2D eigenvalue weighted by molar-refractivity contribution is -0.161. The number of rotatable bonds is 73. The number of aliphatic hydroxyl groups excluding tert-OH is 1. The van der Waals surface area contributed by atoms with Crippen molar-refractivity contribution in [2.75, 3.05) is 39.6 Å². The molecule has 17 nitrogen and oxygen atoms in total. The molecule has 0 spiro atoms. The van der Waals surface area contributed by atoms with Crippen LogP contribution in [0, 0.1) is 23.7 Å². The van der Waals surface area contributed by atoms with Crippen LogP contribution >= 0.6 is 15.6 Å². The van der Waals surface area contributed by atoms with Crippen molar-refractivity contribution < 1.29 is 80.2 Å². The first-order valence-corrected chi connectivity index (χ1v) is 42.3. The van der Waals surface area contributed by atoms with Crippen LogP contribution in [0.2, 0.25) is 0 Å². The zero-order valence-corrected chi connectivity index (χ0v) is 64.1. The van der Waals surface area contributed by atoms with E-state index in [-0.39, 0.29) is 25.7 Å². The third-order valence-electron chi connectivity index (χ3n) is 18.3. The molecule has 19 heteroatoms. The van der Waals surface area contributed by atoms with E-state index in [2.05, 4.69) is 55.4 Å². The first-order chi connectivity index (χ1) is 45.7. The molecule has 0 rings (SSSR count). The molecule has 4 unspecified atom stereocenters. The molecule has 7 atom stereocenters. The highest BCUT2D eigenvalue weighted by Gasteiger charge is 2.30. The second kappa shape index (κ2) is 65.4. The van der Waals surface area contributed by atoms with Crippen molar-refractivity contribution in [1.29, 1.82) is 0 Å². The summed E-state index contributed by atoms with van der Waals surface area (Å²) in [6.45, 7) is 14.2. The van der Waals surface area contributed by atoms with E-state index < -0.39 is 97.5 Å². The highest BCUT2D eigenvalue weighted by atomic mass is 31.2. The van der Waals surface area contributed by atoms with Gasteiger partial charge >= 0.3 is 39.5 Å². The molecule has 0 aliphatic carbocycles. The minimum absolute atomic E-state index is 0.104. The van der Waals surface area contributed by atoms with E-state index in [1.54, 1.807) is 0 Å². The summed E-state index contributed by atoms with van der Waals surface area (Å²) >= 11 is 0. The van der Waals surface area contributed by atoms with Crippen LogP contribution in [-0.2, 0) is 65.4 Å². The zero-order chi connectivity index (χ0) is 70.3. The minimum atomic E-state index is -4.96. The van der Waals surface area contributed by atoms with E-state index in [1.165, 1.54) is 180 Å². The van der Waals surface area contributed by atoms with Crippen molar-refractivity contribution in [1.82, 2.24) is 0 Å². The summed E-state index contributed by atoms with van der Waals surface area (Å²) in [6, 6.07) is 0. The monoisotopic (exact) mass is 1400 g/mol. The molecule has 0 aliphatic heterocycles. The smallest absolute Gasteiger partial charge is 0.462 e. The summed E-state index contributed by atoms with van der Waals surface area (Å²) in [5.74, 6) is 0.935. The lowest BCUT2D eigenvalue weighted by Gasteiger charge is -2.21. The Morgan fingerprint density at radius 3 is 0.747 bits per heavy atom. The van der Waals surface area contributed by atoms with Crippen molar-refractivity contribution in [3.63, 3.8) is 0 Å². The Kier molecular flexibility index (Phi) is 64.0. The van der Waals surface area contributed by atoms with Crippen LogP contribution in [0.15, 0.2) is 0 Å². The van der Waals surface area contributed by atoms with Crippen molar-refractivity contribution in [2.45, 2.75) is 401 Å². The first-order valence-electron chi connectivity index (χ1n) is 39.3.